The molecule has 168 valence electrons. The molecule has 2 saturated heterocycles. The average Bonchev–Trinajstić information content (AvgIpc) is 3.16. The number of aryl methyl sites for hydroxylation is 1. The molecule has 5 heterocycles. The first-order valence-electron chi connectivity index (χ1n) is 11.0. The van der Waals surface area contributed by atoms with Crippen LogP contribution in [0.5, 0.6) is 0 Å². The summed E-state index contributed by atoms with van der Waals surface area (Å²) in [6, 6.07) is 8.80. The largest absolute Gasteiger partial charge is 0.483 e. The van der Waals surface area contributed by atoms with Crippen molar-refractivity contribution in [1.82, 2.24) is 14.4 Å². The van der Waals surface area contributed by atoms with Crippen LogP contribution in [0.25, 0.3) is 0 Å². The lowest BCUT2D eigenvalue weighted by Crippen LogP contribution is -2.47. The lowest BCUT2D eigenvalue weighted by atomic mass is 9.83. The summed E-state index contributed by atoms with van der Waals surface area (Å²) >= 11 is 1.91. The van der Waals surface area contributed by atoms with E-state index in [9.17, 15) is 4.79 Å². The van der Waals surface area contributed by atoms with Crippen LogP contribution in [0.15, 0.2) is 29.1 Å². The van der Waals surface area contributed by atoms with Gasteiger partial charge in [-0.3, -0.25) is 19.4 Å². The van der Waals surface area contributed by atoms with E-state index in [-0.39, 0.29) is 12.0 Å². The molecule has 7 nitrogen and oxygen atoms in total. The molecule has 2 bridgehead atoms. The number of piperidine rings is 1. The van der Waals surface area contributed by atoms with Crippen molar-refractivity contribution >= 4 is 17.8 Å². The minimum absolute atomic E-state index is 0.237. The Morgan fingerprint density at radius 2 is 1.87 bits per heavy atom. The Bertz CT molecular complexity index is 951. The molecular weight excluding hydrogens is 414 g/mol. The highest BCUT2D eigenvalue weighted by molar-refractivity contribution is 7.11. The van der Waals surface area contributed by atoms with Gasteiger partial charge in [-0.25, -0.2) is 0 Å². The van der Waals surface area contributed by atoms with Crippen LogP contribution in [0.4, 0.5) is 0 Å². The minimum Gasteiger partial charge on any atom is -0.483 e. The first-order valence-corrected chi connectivity index (χ1v) is 11.8. The molecule has 0 aromatic carbocycles. The van der Waals surface area contributed by atoms with E-state index in [1.54, 1.807) is 0 Å². The fourth-order valence-electron chi connectivity index (χ4n) is 5.13. The highest BCUT2D eigenvalue weighted by Gasteiger charge is 2.35. The third kappa shape index (κ3) is 5.26. The van der Waals surface area contributed by atoms with Gasteiger partial charge in [0.15, 0.2) is 0 Å². The van der Waals surface area contributed by atoms with Gasteiger partial charge in [-0.2, -0.15) is 0 Å². The fraction of sp³-hybridized carbons (Fsp3) is 0.565. The summed E-state index contributed by atoms with van der Waals surface area (Å²) in [7, 11) is 0. The first kappa shape index (κ1) is 22.2. The van der Waals surface area contributed by atoms with Gasteiger partial charge in [0.05, 0.1) is 13.2 Å². The molecule has 1 N–H and O–H groups in total. The molecule has 0 amide bonds. The number of aromatic nitrogens is 1. The number of ether oxygens (including phenoxy) is 1. The average molecular weight is 446 g/mol. The van der Waals surface area contributed by atoms with Crippen LogP contribution in [0.3, 0.4) is 0 Å². The number of morpholine rings is 1. The number of hydrogen-bond donors (Lipinski definition) is 1. The molecule has 0 aliphatic carbocycles. The van der Waals surface area contributed by atoms with Gasteiger partial charge in [-0.05, 0) is 37.5 Å². The van der Waals surface area contributed by atoms with Crippen molar-refractivity contribution in [2.45, 2.75) is 38.9 Å². The Morgan fingerprint density at radius 1 is 1.10 bits per heavy atom. The van der Waals surface area contributed by atoms with E-state index in [2.05, 4.69) is 45.6 Å². The maximum Gasteiger partial charge on any atom is 0.290 e. The molecule has 3 aliphatic heterocycles. The third-order valence-electron chi connectivity index (χ3n) is 6.43. The quantitative estimate of drug-likeness (QED) is 0.729. The van der Waals surface area contributed by atoms with Gasteiger partial charge >= 0.3 is 0 Å². The van der Waals surface area contributed by atoms with Crippen molar-refractivity contribution in [3.63, 3.8) is 0 Å². The van der Waals surface area contributed by atoms with Crippen molar-refractivity contribution < 1.29 is 14.6 Å². The van der Waals surface area contributed by atoms with Crippen LogP contribution in [-0.2, 0) is 29.2 Å². The van der Waals surface area contributed by atoms with E-state index in [1.807, 2.05) is 11.3 Å². The summed E-state index contributed by atoms with van der Waals surface area (Å²) in [5.74, 6) is 1.07. The summed E-state index contributed by atoms with van der Waals surface area (Å²) in [4.78, 5) is 29.3. The van der Waals surface area contributed by atoms with E-state index >= 15 is 0 Å². The summed E-state index contributed by atoms with van der Waals surface area (Å²) in [5.41, 5.74) is 2.43. The molecule has 5 rings (SSSR count). The Labute approximate surface area is 186 Å². The molecule has 31 heavy (non-hydrogen) atoms. The van der Waals surface area contributed by atoms with Crippen molar-refractivity contribution in [1.29, 1.82) is 0 Å². The van der Waals surface area contributed by atoms with Crippen LogP contribution in [0.2, 0.25) is 0 Å². The molecule has 3 aliphatic rings. The number of thiophene rings is 1. The van der Waals surface area contributed by atoms with E-state index < -0.39 is 0 Å². The number of likely N-dealkylation sites (tertiary alicyclic amines) is 1. The molecule has 0 saturated carbocycles. The van der Waals surface area contributed by atoms with E-state index in [0.717, 1.165) is 64.6 Å². The molecule has 0 radical (unpaired) electrons. The number of hydrogen-bond acceptors (Lipinski definition) is 6. The van der Waals surface area contributed by atoms with Gasteiger partial charge in [0.25, 0.3) is 12.0 Å². The standard InChI is InChI=1S/C22H29N3O2S.CH2O2/c1-16-2-4-20(28-16)15-24-11-17-10-19(14-24)21-5-3-18(22(26)25(21)12-17)13-23-6-8-27-9-7-23;2-1-3/h2-5,17,19H,6-15H2,1H3;1H,(H,2,3)/t17-,19+;/m0./s1. The van der Waals surface area contributed by atoms with Crippen molar-refractivity contribution in [3.8, 4) is 0 Å². The van der Waals surface area contributed by atoms with Crippen molar-refractivity contribution in [2.75, 3.05) is 39.4 Å². The number of fused-ring (bicyclic) bond motifs is 4. The van der Waals surface area contributed by atoms with Crippen molar-refractivity contribution in [2.24, 2.45) is 5.92 Å². The van der Waals surface area contributed by atoms with Crippen LogP contribution in [-0.4, -0.2) is 65.3 Å². The van der Waals surface area contributed by atoms with E-state index in [4.69, 9.17) is 14.6 Å². The monoisotopic (exact) mass is 445 g/mol. The predicted molar refractivity (Wildman–Crippen MR) is 121 cm³/mol. The maximum atomic E-state index is 13.2. The number of carboxylic acid groups (broad SMARTS) is 1. The second-order valence-corrected chi connectivity index (χ2v) is 10.1. The van der Waals surface area contributed by atoms with Crippen LogP contribution in [0, 0.1) is 12.8 Å². The number of rotatable bonds is 4. The lowest BCUT2D eigenvalue weighted by molar-refractivity contribution is -0.122. The Balaban J connectivity index is 0.000000730. The number of nitrogens with zero attached hydrogens (tertiary/aromatic N) is 3. The molecule has 2 aromatic heterocycles. The second-order valence-electron chi connectivity index (χ2n) is 8.70. The topological polar surface area (TPSA) is 75.0 Å². The zero-order chi connectivity index (χ0) is 21.8. The first-order chi connectivity index (χ1) is 15.1. The zero-order valence-corrected chi connectivity index (χ0v) is 18.9. The SMILES string of the molecule is Cc1ccc(CN2C[C@@H]3C[C@H](C2)c2ccc(CN4CCOCC4)c(=O)n2C3)s1.O=CO. The highest BCUT2D eigenvalue weighted by atomic mass is 32.1. The maximum absolute atomic E-state index is 13.2. The summed E-state index contributed by atoms with van der Waals surface area (Å²) in [5, 5.41) is 6.89. The molecular formula is C23H31N3O4S. The Hall–Kier alpha value is -2.00. The summed E-state index contributed by atoms with van der Waals surface area (Å²) in [6.45, 7) is 10.2. The van der Waals surface area contributed by atoms with Crippen molar-refractivity contribution in [3.05, 3.63) is 55.6 Å². The second kappa shape index (κ2) is 10.1. The molecule has 2 fully saturated rings. The zero-order valence-electron chi connectivity index (χ0n) is 18.0. The van der Waals surface area contributed by atoms with Gasteiger partial charge in [0.2, 0.25) is 0 Å². The molecule has 8 heteroatoms. The third-order valence-corrected chi connectivity index (χ3v) is 7.42. The van der Waals surface area contributed by atoms with Gasteiger partial charge in [0.1, 0.15) is 0 Å². The fourth-order valence-corrected chi connectivity index (χ4v) is 6.06. The Kier molecular flexibility index (Phi) is 7.22. The number of carbonyl (C=O) groups is 1. The van der Waals surface area contributed by atoms with Gasteiger partial charge in [0, 0.05) is 72.7 Å². The summed E-state index contributed by atoms with van der Waals surface area (Å²) < 4.78 is 7.53. The van der Waals surface area contributed by atoms with Gasteiger partial charge < -0.3 is 14.4 Å². The highest BCUT2D eigenvalue weighted by Crippen LogP contribution is 2.36. The molecule has 2 atom stereocenters. The van der Waals surface area contributed by atoms with Crippen LogP contribution < -0.4 is 5.56 Å². The van der Waals surface area contributed by atoms with E-state index in [1.165, 1.54) is 21.9 Å². The smallest absolute Gasteiger partial charge is 0.290 e. The van der Waals surface area contributed by atoms with Crippen LogP contribution in [0.1, 0.15) is 33.4 Å². The predicted octanol–water partition coefficient (Wildman–Crippen LogP) is 2.37. The lowest BCUT2D eigenvalue weighted by Gasteiger charge is -2.43. The van der Waals surface area contributed by atoms with Gasteiger partial charge in [-0.1, -0.05) is 6.07 Å². The molecule has 2 aromatic rings. The molecule has 0 spiro atoms. The number of pyridine rings is 1. The van der Waals surface area contributed by atoms with E-state index in [0.29, 0.717) is 11.8 Å². The summed E-state index contributed by atoms with van der Waals surface area (Å²) in [6.07, 6.45) is 1.22. The minimum atomic E-state index is -0.250. The normalized spacial score (nSPS) is 23.5. The Morgan fingerprint density at radius 3 is 2.58 bits per heavy atom. The molecule has 0 unspecified atom stereocenters. The van der Waals surface area contributed by atoms with Gasteiger partial charge in [-0.15, -0.1) is 11.3 Å². The van der Waals surface area contributed by atoms with Crippen LogP contribution >= 0.6 is 11.3 Å².